The van der Waals surface area contributed by atoms with Crippen LogP contribution in [0.1, 0.15) is 41.9 Å². The lowest BCUT2D eigenvalue weighted by molar-refractivity contribution is 0.0953. The van der Waals surface area contributed by atoms with Crippen LogP contribution < -0.4 is 15.8 Å². The van der Waals surface area contributed by atoms with Crippen LogP contribution in [-0.2, 0) is 0 Å². The van der Waals surface area contributed by atoms with E-state index >= 15 is 4.39 Å². The lowest BCUT2D eigenvalue weighted by Gasteiger charge is -2.35. The highest BCUT2D eigenvalue weighted by Crippen LogP contribution is 2.38. The standard InChI is InChI=1S/C24H26FN5O3.ClH/c1-2-28-7-9-29(10-8-28)22-13-21-18(12-20(22)25)23(31)19(15-30(21)16-5-6-16)24(32)27-26-14-17-4-3-11-33-17;/h3-4,11-16H,2,5-10H2,1H3,(H,27,32);1H/b26-14-;. The normalized spacial score (nSPS) is 16.7. The van der Waals surface area contributed by atoms with E-state index in [1.54, 1.807) is 24.4 Å². The molecule has 10 heteroatoms. The maximum Gasteiger partial charge on any atom is 0.276 e. The number of benzene rings is 1. The topological polar surface area (TPSA) is 83.1 Å². The van der Waals surface area contributed by atoms with Gasteiger partial charge in [0.2, 0.25) is 5.43 Å². The minimum Gasteiger partial charge on any atom is -0.463 e. The monoisotopic (exact) mass is 487 g/mol. The van der Waals surface area contributed by atoms with Crippen LogP contribution in [-0.4, -0.2) is 54.3 Å². The van der Waals surface area contributed by atoms with Crippen LogP contribution in [0.4, 0.5) is 10.1 Å². The minimum absolute atomic E-state index is 0. The molecule has 34 heavy (non-hydrogen) atoms. The third-order valence-electron chi connectivity index (χ3n) is 6.35. The predicted octanol–water partition coefficient (Wildman–Crippen LogP) is 3.40. The lowest BCUT2D eigenvalue weighted by Crippen LogP contribution is -2.46. The molecular formula is C24H27ClFN5O3. The van der Waals surface area contributed by atoms with E-state index in [4.69, 9.17) is 4.42 Å². The van der Waals surface area contributed by atoms with E-state index in [0.717, 1.165) is 45.6 Å². The Hall–Kier alpha value is -3.17. The van der Waals surface area contributed by atoms with Crippen molar-refractivity contribution in [1.29, 1.82) is 0 Å². The van der Waals surface area contributed by atoms with Crippen LogP contribution in [0.25, 0.3) is 10.9 Å². The molecule has 3 heterocycles. The fourth-order valence-electron chi connectivity index (χ4n) is 4.30. The molecule has 1 aromatic carbocycles. The molecular weight excluding hydrogens is 461 g/mol. The number of halogens is 2. The number of carbonyl (C=O) groups excluding carboxylic acids is 1. The number of hydrogen-bond acceptors (Lipinski definition) is 6. The summed E-state index contributed by atoms with van der Waals surface area (Å²) < 4.78 is 22.2. The van der Waals surface area contributed by atoms with Gasteiger partial charge in [-0.3, -0.25) is 9.59 Å². The molecule has 0 bridgehead atoms. The van der Waals surface area contributed by atoms with Gasteiger partial charge in [-0.15, -0.1) is 12.4 Å². The van der Waals surface area contributed by atoms with Crippen molar-refractivity contribution in [3.05, 3.63) is 64.1 Å². The Morgan fingerprint density at radius 3 is 2.68 bits per heavy atom. The van der Waals surface area contributed by atoms with Gasteiger partial charge in [0.15, 0.2) is 0 Å². The Bertz CT molecular complexity index is 1260. The van der Waals surface area contributed by atoms with Gasteiger partial charge in [-0.1, -0.05) is 6.92 Å². The van der Waals surface area contributed by atoms with E-state index in [2.05, 4.69) is 22.4 Å². The number of nitrogens with zero attached hydrogens (tertiary/aromatic N) is 4. The third-order valence-corrected chi connectivity index (χ3v) is 6.35. The first kappa shape index (κ1) is 24.0. The summed E-state index contributed by atoms with van der Waals surface area (Å²) in [6.07, 6.45) is 6.34. The number of pyridine rings is 1. The van der Waals surface area contributed by atoms with E-state index in [-0.39, 0.29) is 29.4 Å². The number of anilines is 1. The zero-order valence-electron chi connectivity index (χ0n) is 18.9. The Morgan fingerprint density at radius 1 is 1.26 bits per heavy atom. The number of hydrogen-bond donors (Lipinski definition) is 1. The first-order chi connectivity index (χ1) is 16.0. The highest BCUT2D eigenvalue weighted by molar-refractivity contribution is 5.98. The highest BCUT2D eigenvalue weighted by Gasteiger charge is 2.28. The first-order valence-corrected chi connectivity index (χ1v) is 11.3. The lowest BCUT2D eigenvalue weighted by atomic mass is 10.1. The largest absolute Gasteiger partial charge is 0.463 e. The molecule has 1 N–H and O–H groups in total. The molecule has 2 aliphatic rings. The number of fused-ring (bicyclic) bond motifs is 1. The molecule has 0 unspecified atom stereocenters. The Morgan fingerprint density at radius 2 is 2.03 bits per heavy atom. The van der Waals surface area contributed by atoms with Gasteiger partial charge in [-0.2, -0.15) is 5.10 Å². The van der Waals surface area contributed by atoms with E-state index in [1.807, 2.05) is 9.47 Å². The first-order valence-electron chi connectivity index (χ1n) is 11.3. The quantitative estimate of drug-likeness (QED) is 0.425. The van der Waals surface area contributed by atoms with Gasteiger partial charge >= 0.3 is 0 Å². The third kappa shape index (κ3) is 4.71. The molecule has 1 saturated carbocycles. The second kappa shape index (κ2) is 9.99. The summed E-state index contributed by atoms with van der Waals surface area (Å²) in [5.41, 5.74) is 2.97. The van der Waals surface area contributed by atoms with Crippen LogP contribution >= 0.6 is 12.4 Å². The van der Waals surface area contributed by atoms with Crippen LogP contribution in [0, 0.1) is 5.82 Å². The van der Waals surface area contributed by atoms with Crippen molar-refractivity contribution in [2.45, 2.75) is 25.8 Å². The molecule has 8 nitrogen and oxygen atoms in total. The minimum atomic E-state index is -0.640. The summed E-state index contributed by atoms with van der Waals surface area (Å²) in [7, 11) is 0. The predicted molar refractivity (Wildman–Crippen MR) is 132 cm³/mol. The summed E-state index contributed by atoms with van der Waals surface area (Å²) in [4.78, 5) is 30.2. The van der Waals surface area contributed by atoms with Crippen molar-refractivity contribution in [2.75, 3.05) is 37.6 Å². The number of likely N-dealkylation sites (N-methyl/N-ethyl adjacent to an activating group) is 1. The second-order valence-electron chi connectivity index (χ2n) is 8.47. The highest BCUT2D eigenvalue weighted by atomic mass is 35.5. The number of piperazine rings is 1. The van der Waals surface area contributed by atoms with Crippen molar-refractivity contribution < 1.29 is 13.6 Å². The summed E-state index contributed by atoms with van der Waals surface area (Å²) in [5, 5.41) is 4.06. The Kier molecular flexibility index (Phi) is 7.04. The van der Waals surface area contributed by atoms with Crippen molar-refractivity contribution in [2.24, 2.45) is 5.10 Å². The van der Waals surface area contributed by atoms with Gasteiger partial charge in [0.25, 0.3) is 5.91 Å². The maximum absolute atomic E-state index is 15.2. The molecule has 1 amide bonds. The van der Waals surface area contributed by atoms with E-state index < -0.39 is 17.2 Å². The number of carbonyl (C=O) groups is 1. The fraction of sp³-hybridized carbons (Fsp3) is 0.375. The van der Waals surface area contributed by atoms with Crippen LogP contribution in [0.2, 0.25) is 0 Å². The summed E-state index contributed by atoms with van der Waals surface area (Å²) in [6, 6.07) is 6.63. The van der Waals surface area contributed by atoms with Crippen molar-refractivity contribution in [3.8, 4) is 0 Å². The average molecular weight is 488 g/mol. The number of amides is 1. The smallest absolute Gasteiger partial charge is 0.276 e. The van der Waals surface area contributed by atoms with Crippen LogP contribution in [0.15, 0.2) is 51.0 Å². The zero-order valence-corrected chi connectivity index (χ0v) is 19.7. The molecule has 1 saturated heterocycles. The number of hydrazone groups is 1. The number of rotatable bonds is 6. The van der Waals surface area contributed by atoms with Crippen LogP contribution in [0.5, 0.6) is 0 Å². The Labute approximate surface area is 202 Å². The molecule has 5 rings (SSSR count). The molecule has 3 aromatic rings. The average Bonchev–Trinajstić information content (AvgIpc) is 3.54. The summed E-state index contributed by atoms with van der Waals surface area (Å²) in [5.74, 6) is -0.613. The van der Waals surface area contributed by atoms with Crippen molar-refractivity contribution in [3.63, 3.8) is 0 Å². The molecule has 0 spiro atoms. The number of nitrogens with one attached hydrogen (secondary N) is 1. The fourth-order valence-corrected chi connectivity index (χ4v) is 4.30. The molecule has 1 aliphatic heterocycles. The van der Waals surface area contributed by atoms with Gasteiger partial charge < -0.3 is 18.8 Å². The molecule has 2 aromatic heterocycles. The van der Waals surface area contributed by atoms with E-state index in [1.165, 1.54) is 18.5 Å². The molecule has 180 valence electrons. The van der Waals surface area contributed by atoms with E-state index in [9.17, 15) is 9.59 Å². The molecule has 0 atom stereocenters. The van der Waals surface area contributed by atoms with Gasteiger partial charge in [0, 0.05) is 43.8 Å². The molecule has 1 aliphatic carbocycles. The number of furan rings is 1. The summed E-state index contributed by atoms with van der Waals surface area (Å²) in [6.45, 7) is 6.32. The Balaban J connectivity index is 0.00000274. The van der Waals surface area contributed by atoms with Gasteiger partial charge in [-0.25, -0.2) is 9.82 Å². The van der Waals surface area contributed by atoms with Crippen molar-refractivity contribution in [1.82, 2.24) is 14.9 Å². The van der Waals surface area contributed by atoms with Crippen molar-refractivity contribution >= 4 is 41.1 Å². The van der Waals surface area contributed by atoms with Crippen LogP contribution in [0.3, 0.4) is 0 Å². The summed E-state index contributed by atoms with van der Waals surface area (Å²) >= 11 is 0. The SMILES string of the molecule is CCN1CCN(c2cc3c(cc2F)c(=O)c(C(=O)N/N=C\c2ccco2)cn3C2CC2)CC1.Cl. The zero-order chi connectivity index (χ0) is 22.9. The van der Waals surface area contributed by atoms with Gasteiger partial charge in [-0.05, 0) is 43.7 Å². The van der Waals surface area contributed by atoms with E-state index in [0.29, 0.717) is 17.0 Å². The number of aromatic nitrogens is 1. The molecule has 2 fully saturated rings. The van der Waals surface area contributed by atoms with Gasteiger partial charge in [0.1, 0.15) is 17.1 Å². The second-order valence-corrected chi connectivity index (χ2v) is 8.47. The molecule has 0 radical (unpaired) electrons. The van der Waals surface area contributed by atoms with Gasteiger partial charge in [0.05, 0.1) is 23.7 Å². The maximum atomic E-state index is 15.2.